The van der Waals surface area contributed by atoms with Crippen molar-refractivity contribution >= 4 is 50.1 Å². The molecule has 0 fully saturated rings. The molecule has 0 bridgehead atoms. The minimum absolute atomic E-state index is 0.220. The van der Waals surface area contributed by atoms with Crippen LogP contribution >= 0.6 is 38.5 Å². The molecule has 1 N–H and O–H groups in total. The third-order valence-corrected chi connectivity index (χ3v) is 3.94. The van der Waals surface area contributed by atoms with Crippen molar-refractivity contribution in [1.82, 2.24) is 5.43 Å². The summed E-state index contributed by atoms with van der Waals surface area (Å²) in [6.07, 6.45) is 0. The van der Waals surface area contributed by atoms with Crippen LogP contribution in [0.15, 0.2) is 58.1 Å². The molecule has 0 atom stereocenters. The van der Waals surface area contributed by atoms with Crippen LogP contribution in [0.25, 0.3) is 0 Å². The second-order valence-electron chi connectivity index (χ2n) is 4.15. The molecule has 0 saturated heterocycles. The highest BCUT2D eigenvalue weighted by Crippen LogP contribution is 2.10. The van der Waals surface area contributed by atoms with E-state index in [1.54, 1.807) is 12.1 Å². The van der Waals surface area contributed by atoms with Gasteiger partial charge in [0.2, 0.25) is 0 Å². The first-order chi connectivity index (χ1) is 9.56. The largest absolute Gasteiger partial charge is 0.271 e. The maximum absolute atomic E-state index is 11.9. The zero-order chi connectivity index (χ0) is 14.5. The monoisotopic (exact) mass is 442 g/mol. The predicted molar refractivity (Wildman–Crippen MR) is 93.0 cm³/mol. The number of amides is 1. The standard InChI is InChI=1S/C15H12BrIN2O/c1-10(11-4-8-14(17)9-5-11)18-19-15(20)12-2-6-13(16)7-3-12/h2-9H,1H3,(H,19,20)/b18-10-. The summed E-state index contributed by atoms with van der Waals surface area (Å²) in [5.74, 6) is -0.220. The van der Waals surface area contributed by atoms with Crippen LogP contribution in [0, 0.1) is 3.57 Å². The molecule has 0 heterocycles. The van der Waals surface area contributed by atoms with Gasteiger partial charge in [-0.05, 0) is 71.5 Å². The number of benzene rings is 2. The van der Waals surface area contributed by atoms with Gasteiger partial charge in [-0.2, -0.15) is 5.10 Å². The Balaban J connectivity index is 2.06. The van der Waals surface area contributed by atoms with Crippen LogP contribution in [0.4, 0.5) is 0 Å². The first-order valence-electron chi connectivity index (χ1n) is 5.92. The Morgan fingerprint density at radius 2 is 1.60 bits per heavy atom. The molecular formula is C15H12BrIN2O. The minimum Gasteiger partial charge on any atom is -0.267 e. The summed E-state index contributed by atoms with van der Waals surface area (Å²) in [4.78, 5) is 11.9. The lowest BCUT2D eigenvalue weighted by molar-refractivity contribution is 0.0955. The van der Waals surface area contributed by atoms with Crippen LogP contribution in [0.2, 0.25) is 0 Å². The van der Waals surface area contributed by atoms with E-state index in [9.17, 15) is 4.79 Å². The maximum atomic E-state index is 11.9. The highest BCUT2D eigenvalue weighted by Gasteiger charge is 2.04. The second-order valence-corrected chi connectivity index (χ2v) is 6.31. The average Bonchev–Trinajstić information content (AvgIpc) is 2.46. The maximum Gasteiger partial charge on any atom is 0.271 e. The molecule has 102 valence electrons. The van der Waals surface area contributed by atoms with Crippen molar-refractivity contribution in [3.63, 3.8) is 0 Å². The van der Waals surface area contributed by atoms with Gasteiger partial charge in [-0.1, -0.05) is 28.1 Å². The number of carbonyl (C=O) groups is 1. The zero-order valence-corrected chi connectivity index (χ0v) is 14.5. The van der Waals surface area contributed by atoms with Crippen molar-refractivity contribution in [3.05, 3.63) is 67.7 Å². The number of halogens is 2. The Hall–Kier alpha value is -1.21. The Bertz CT molecular complexity index is 636. The lowest BCUT2D eigenvalue weighted by atomic mass is 10.1. The molecule has 0 spiro atoms. The fourth-order valence-electron chi connectivity index (χ4n) is 1.56. The van der Waals surface area contributed by atoms with Crippen molar-refractivity contribution in [2.45, 2.75) is 6.92 Å². The van der Waals surface area contributed by atoms with Crippen molar-refractivity contribution in [3.8, 4) is 0 Å². The number of nitrogens with one attached hydrogen (secondary N) is 1. The van der Waals surface area contributed by atoms with E-state index in [4.69, 9.17) is 0 Å². The predicted octanol–water partition coefficient (Wildman–Crippen LogP) is 4.21. The molecule has 0 aromatic heterocycles. The quantitative estimate of drug-likeness (QED) is 0.432. The van der Waals surface area contributed by atoms with E-state index in [-0.39, 0.29) is 5.91 Å². The number of rotatable bonds is 3. The van der Waals surface area contributed by atoms with Gasteiger partial charge in [-0.25, -0.2) is 5.43 Å². The van der Waals surface area contributed by atoms with Crippen molar-refractivity contribution in [2.24, 2.45) is 5.10 Å². The molecule has 2 aromatic carbocycles. The van der Waals surface area contributed by atoms with Crippen molar-refractivity contribution < 1.29 is 4.79 Å². The van der Waals surface area contributed by atoms with Crippen molar-refractivity contribution in [1.29, 1.82) is 0 Å². The lowest BCUT2D eigenvalue weighted by Gasteiger charge is -2.03. The summed E-state index contributed by atoms with van der Waals surface area (Å²) in [5, 5.41) is 4.13. The molecule has 0 radical (unpaired) electrons. The number of hydrazone groups is 1. The molecule has 2 rings (SSSR count). The first-order valence-corrected chi connectivity index (χ1v) is 7.79. The number of hydrogen-bond acceptors (Lipinski definition) is 2. The van der Waals surface area contributed by atoms with Gasteiger partial charge < -0.3 is 0 Å². The summed E-state index contributed by atoms with van der Waals surface area (Å²) in [5.41, 5.74) is 4.90. The highest BCUT2D eigenvalue weighted by molar-refractivity contribution is 14.1. The smallest absolute Gasteiger partial charge is 0.267 e. The van der Waals surface area contributed by atoms with Crippen LogP contribution in [0.3, 0.4) is 0 Å². The number of nitrogens with zero attached hydrogens (tertiary/aromatic N) is 1. The van der Waals surface area contributed by atoms with E-state index >= 15 is 0 Å². The molecule has 1 amide bonds. The fraction of sp³-hybridized carbons (Fsp3) is 0.0667. The van der Waals surface area contributed by atoms with Gasteiger partial charge in [0.25, 0.3) is 5.91 Å². The van der Waals surface area contributed by atoms with Crippen LogP contribution in [0.1, 0.15) is 22.8 Å². The normalized spacial score (nSPS) is 11.2. The average molecular weight is 443 g/mol. The zero-order valence-electron chi connectivity index (χ0n) is 10.7. The third kappa shape index (κ3) is 4.14. The van der Waals surface area contributed by atoms with Gasteiger partial charge in [-0.15, -0.1) is 0 Å². The van der Waals surface area contributed by atoms with Crippen molar-refractivity contribution in [2.75, 3.05) is 0 Å². The van der Waals surface area contributed by atoms with Gasteiger partial charge >= 0.3 is 0 Å². The number of carbonyl (C=O) groups excluding carboxylic acids is 1. The summed E-state index contributed by atoms with van der Waals surface area (Å²) in [6.45, 7) is 1.87. The van der Waals surface area contributed by atoms with E-state index in [0.717, 1.165) is 19.3 Å². The first kappa shape index (κ1) is 15.2. The summed E-state index contributed by atoms with van der Waals surface area (Å²) < 4.78 is 2.10. The van der Waals surface area contributed by atoms with Crippen LogP contribution in [-0.2, 0) is 0 Å². The molecule has 0 saturated carbocycles. The van der Waals surface area contributed by atoms with Crippen LogP contribution in [0.5, 0.6) is 0 Å². The summed E-state index contributed by atoms with van der Waals surface area (Å²) in [7, 11) is 0. The van der Waals surface area contributed by atoms with E-state index < -0.39 is 0 Å². The second kappa shape index (κ2) is 6.99. The summed E-state index contributed by atoms with van der Waals surface area (Å²) in [6, 6.07) is 15.1. The number of hydrogen-bond donors (Lipinski definition) is 1. The van der Waals surface area contributed by atoms with E-state index in [2.05, 4.69) is 49.0 Å². The fourth-order valence-corrected chi connectivity index (χ4v) is 2.18. The SMILES string of the molecule is C/C(=N/NC(=O)c1ccc(Br)cc1)c1ccc(I)cc1. The minimum atomic E-state index is -0.220. The molecule has 20 heavy (non-hydrogen) atoms. The van der Waals surface area contributed by atoms with E-state index in [1.807, 2.05) is 43.3 Å². The Kier molecular flexibility index (Phi) is 5.31. The molecule has 0 unspecified atom stereocenters. The van der Waals surface area contributed by atoms with E-state index in [1.165, 1.54) is 0 Å². The Morgan fingerprint density at radius 3 is 2.20 bits per heavy atom. The van der Waals surface area contributed by atoms with E-state index in [0.29, 0.717) is 5.56 Å². The lowest BCUT2D eigenvalue weighted by Crippen LogP contribution is -2.19. The molecule has 0 aliphatic heterocycles. The Labute approximate surface area is 139 Å². The molecular weight excluding hydrogens is 431 g/mol. The third-order valence-electron chi connectivity index (χ3n) is 2.69. The molecule has 3 nitrogen and oxygen atoms in total. The van der Waals surface area contributed by atoms with Gasteiger partial charge in [-0.3, -0.25) is 4.79 Å². The summed E-state index contributed by atoms with van der Waals surface area (Å²) >= 11 is 5.58. The van der Waals surface area contributed by atoms with Gasteiger partial charge in [0.1, 0.15) is 0 Å². The van der Waals surface area contributed by atoms with Crippen LogP contribution < -0.4 is 5.43 Å². The topological polar surface area (TPSA) is 41.5 Å². The molecule has 0 aliphatic rings. The van der Waals surface area contributed by atoms with Crippen LogP contribution in [-0.4, -0.2) is 11.6 Å². The van der Waals surface area contributed by atoms with Gasteiger partial charge in [0.15, 0.2) is 0 Å². The van der Waals surface area contributed by atoms with Gasteiger partial charge in [0, 0.05) is 13.6 Å². The molecule has 2 aromatic rings. The van der Waals surface area contributed by atoms with Gasteiger partial charge in [0.05, 0.1) is 5.71 Å². The molecule has 5 heteroatoms. The highest BCUT2D eigenvalue weighted by atomic mass is 127. The Morgan fingerprint density at radius 1 is 1.05 bits per heavy atom. The molecule has 0 aliphatic carbocycles.